The Balaban J connectivity index is 1.42. The van der Waals surface area contributed by atoms with Gasteiger partial charge in [0.1, 0.15) is 18.3 Å². The summed E-state index contributed by atoms with van der Waals surface area (Å²) in [6.07, 6.45) is -1.51. The Labute approximate surface area is 189 Å². The number of benzene rings is 3. The number of methoxy groups -OCH3 is 1. The highest BCUT2D eigenvalue weighted by atomic mass is 16.7. The fraction of sp³-hybridized carbons (Fsp3) is 0.333. The summed E-state index contributed by atoms with van der Waals surface area (Å²) in [5.74, 6) is 0. The Bertz CT molecular complexity index is 903. The smallest absolute Gasteiger partial charge is 0.186 e. The lowest BCUT2D eigenvalue weighted by atomic mass is 10.1. The van der Waals surface area contributed by atoms with Crippen LogP contribution in [0.15, 0.2) is 91.0 Å². The summed E-state index contributed by atoms with van der Waals surface area (Å²) in [5.41, 5.74) is 3.31. The predicted octanol–water partition coefficient (Wildman–Crippen LogP) is 4.75. The molecule has 0 amide bonds. The molecule has 4 unspecified atom stereocenters. The highest BCUT2D eigenvalue weighted by molar-refractivity contribution is 5.15. The molecule has 0 bridgehead atoms. The fourth-order valence-corrected chi connectivity index (χ4v) is 3.79. The van der Waals surface area contributed by atoms with Gasteiger partial charge in [0.25, 0.3) is 0 Å². The van der Waals surface area contributed by atoms with Gasteiger partial charge in [-0.25, -0.2) is 0 Å². The SMILES string of the molecule is COC1OC(COCc2ccccc2)C(OCc2ccccc2)C1OCc1ccccc1. The van der Waals surface area contributed by atoms with E-state index in [0.717, 1.165) is 16.7 Å². The lowest BCUT2D eigenvalue weighted by Crippen LogP contribution is -2.39. The van der Waals surface area contributed by atoms with Crippen LogP contribution in [0.4, 0.5) is 0 Å². The first-order valence-electron chi connectivity index (χ1n) is 10.9. The van der Waals surface area contributed by atoms with Crippen molar-refractivity contribution in [3.63, 3.8) is 0 Å². The van der Waals surface area contributed by atoms with E-state index >= 15 is 0 Å². The van der Waals surface area contributed by atoms with Crippen molar-refractivity contribution in [2.24, 2.45) is 0 Å². The van der Waals surface area contributed by atoms with Crippen LogP contribution in [-0.2, 0) is 43.5 Å². The normalized spacial score (nSPS) is 22.8. The molecule has 1 heterocycles. The predicted molar refractivity (Wildman–Crippen MR) is 122 cm³/mol. The van der Waals surface area contributed by atoms with E-state index in [1.54, 1.807) is 7.11 Å². The van der Waals surface area contributed by atoms with E-state index < -0.39 is 6.29 Å². The summed E-state index contributed by atoms with van der Waals surface area (Å²) in [7, 11) is 1.63. The maximum Gasteiger partial charge on any atom is 0.186 e. The number of hydrogen-bond acceptors (Lipinski definition) is 5. The molecule has 1 saturated heterocycles. The van der Waals surface area contributed by atoms with E-state index in [2.05, 4.69) is 0 Å². The van der Waals surface area contributed by atoms with Crippen LogP contribution in [0.25, 0.3) is 0 Å². The van der Waals surface area contributed by atoms with Crippen LogP contribution in [-0.4, -0.2) is 38.3 Å². The quantitative estimate of drug-likeness (QED) is 0.436. The number of rotatable bonds is 11. The molecular formula is C27H30O5. The zero-order valence-electron chi connectivity index (χ0n) is 18.3. The van der Waals surface area contributed by atoms with Crippen molar-refractivity contribution in [2.45, 2.75) is 44.4 Å². The fourth-order valence-electron chi connectivity index (χ4n) is 3.79. The van der Waals surface area contributed by atoms with Crippen molar-refractivity contribution in [3.05, 3.63) is 108 Å². The molecule has 0 N–H and O–H groups in total. The third kappa shape index (κ3) is 6.25. The zero-order chi connectivity index (χ0) is 22.0. The second kappa shape index (κ2) is 11.9. The molecule has 1 aliphatic rings. The molecule has 5 nitrogen and oxygen atoms in total. The third-order valence-electron chi connectivity index (χ3n) is 5.46. The summed E-state index contributed by atoms with van der Waals surface area (Å²) in [4.78, 5) is 0. The second-order valence-corrected chi connectivity index (χ2v) is 7.80. The minimum absolute atomic E-state index is 0.298. The highest BCUT2D eigenvalue weighted by Crippen LogP contribution is 2.29. The monoisotopic (exact) mass is 434 g/mol. The summed E-state index contributed by atoms with van der Waals surface area (Å²) in [6.45, 7) is 1.82. The average Bonchev–Trinajstić information content (AvgIpc) is 3.19. The first-order valence-corrected chi connectivity index (χ1v) is 10.9. The van der Waals surface area contributed by atoms with E-state index in [9.17, 15) is 0 Å². The largest absolute Gasteiger partial charge is 0.374 e. The molecule has 168 valence electrons. The first kappa shape index (κ1) is 22.6. The molecule has 0 radical (unpaired) electrons. The van der Waals surface area contributed by atoms with Crippen LogP contribution >= 0.6 is 0 Å². The topological polar surface area (TPSA) is 46.2 Å². The number of ether oxygens (including phenoxy) is 5. The average molecular weight is 435 g/mol. The Kier molecular flexibility index (Phi) is 8.42. The second-order valence-electron chi connectivity index (χ2n) is 7.80. The van der Waals surface area contributed by atoms with Crippen LogP contribution in [0.5, 0.6) is 0 Å². The van der Waals surface area contributed by atoms with E-state index in [0.29, 0.717) is 26.4 Å². The van der Waals surface area contributed by atoms with Crippen LogP contribution in [0, 0.1) is 0 Å². The Morgan fingerprint density at radius 3 is 1.59 bits per heavy atom. The summed E-state index contributed by atoms with van der Waals surface area (Å²) >= 11 is 0. The molecular weight excluding hydrogens is 404 g/mol. The minimum atomic E-state index is -0.523. The molecule has 0 aromatic heterocycles. The van der Waals surface area contributed by atoms with Crippen molar-refractivity contribution < 1.29 is 23.7 Å². The van der Waals surface area contributed by atoms with Gasteiger partial charge in [0.15, 0.2) is 6.29 Å². The van der Waals surface area contributed by atoms with Gasteiger partial charge in [0.05, 0.1) is 26.4 Å². The molecule has 3 aromatic carbocycles. The first-order chi connectivity index (χ1) is 15.8. The van der Waals surface area contributed by atoms with Crippen LogP contribution < -0.4 is 0 Å². The van der Waals surface area contributed by atoms with Gasteiger partial charge < -0.3 is 23.7 Å². The molecule has 0 aliphatic carbocycles. The van der Waals surface area contributed by atoms with E-state index in [4.69, 9.17) is 23.7 Å². The zero-order valence-corrected chi connectivity index (χ0v) is 18.3. The summed E-state index contributed by atoms with van der Waals surface area (Å²) in [6, 6.07) is 30.3. The number of hydrogen-bond donors (Lipinski definition) is 0. The lowest BCUT2D eigenvalue weighted by Gasteiger charge is -2.24. The van der Waals surface area contributed by atoms with E-state index in [1.165, 1.54) is 0 Å². The molecule has 0 spiro atoms. The van der Waals surface area contributed by atoms with Crippen molar-refractivity contribution >= 4 is 0 Å². The molecule has 32 heavy (non-hydrogen) atoms. The molecule has 3 aromatic rings. The minimum Gasteiger partial charge on any atom is -0.374 e. The van der Waals surface area contributed by atoms with Crippen molar-refractivity contribution in [2.75, 3.05) is 13.7 Å². The van der Waals surface area contributed by atoms with Gasteiger partial charge in [-0.2, -0.15) is 0 Å². The van der Waals surface area contributed by atoms with Gasteiger partial charge in [-0.05, 0) is 16.7 Å². The molecule has 1 aliphatic heterocycles. The van der Waals surface area contributed by atoms with Crippen LogP contribution in [0.2, 0.25) is 0 Å². The van der Waals surface area contributed by atoms with Crippen LogP contribution in [0.3, 0.4) is 0 Å². The summed E-state index contributed by atoms with van der Waals surface area (Å²) < 4.78 is 30.3. The van der Waals surface area contributed by atoms with Crippen molar-refractivity contribution in [3.8, 4) is 0 Å². The highest BCUT2D eigenvalue weighted by Gasteiger charge is 2.46. The molecule has 0 saturated carbocycles. The van der Waals surface area contributed by atoms with Crippen molar-refractivity contribution in [1.82, 2.24) is 0 Å². The van der Waals surface area contributed by atoms with E-state index in [-0.39, 0.29) is 18.3 Å². The molecule has 4 atom stereocenters. The molecule has 4 rings (SSSR count). The molecule has 5 heteroatoms. The van der Waals surface area contributed by atoms with E-state index in [1.807, 2.05) is 91.0 Å². The lowest BCUT2D eigenvalue weighted by molar-refractivity contribution is -0.170. The standard InChI is InChI=1S/C27H30O5/c1-28-27-26(31-19-23-15-9-4-10-16-23)25(30-18-22-13-7-3-8-14-22)24(32-27)20-29-17-21-11-5-2-6-12-21/h2-16,24-27H,17-20H2,1H3. The summed E-state index contributed by atoms with van der Waals surface area (Å²) in [5, 5.41) is 0. The third-order valence-corrected chi connectivity index (χ3v) is 5.46. The maximum absolute atomic E-state index is 6.33. The molecule has 1 fully saturated rings. The van der Waals surface area contributed by atoms with Gasteiger partial charge in [-0.3, -0.25) is 0 Å². The van der Waals surface area contributed by atoms with Gasteiger partial charge in [0, 0.05) is 7.11 Å². The van der Waals surface area contributed by atoms with Gasteiger partial charge in [-0.1, -0.05) is 91.0 Å². The van der Waals surface area contributed by atoms with Crippen molar-refractivity contribution in [1.29, 1.82) is 0 Å². The maximum atomic E-state index is 6.33. The van der Waals surface area contributed by atoms with Gasteiger partial charge >= 0.3 is 0 Å². The van der Waals surface area contributed by atoms with Gasteiger partial charge in [-0.15, -0.1) is 0 Å². The van der Waals surface area contributed by atoms with Gasteiger partial charge in [0.2, 0.25) is 0 Å². The Morgan fingerprint density at radius 1 is 0.625 bits per heavy atom. The van der Waals surface area contributed by atoms with Crippen LogP contribution in [0.1, 0.15) is 16.7 Å². The Morgan fingerprint density at radius 2 is 1.09 bits per heavy atom. The Hall–Kier alpha value is -2.54.